The molecule has 10 nitrogen and oxygen atoms in total. The Bertz CT molecular complexity index is 1570. The number of ether oxygens (including phenoxy) is 2. The summed E-state index contributed by atoms with van der Waals surface area (Å²) in [6.07, 6.45) is 9.78. The predicted molar refractivity (Wildman–Crippen MR) is 163 cm³/mol. The van der Waals surface area contributed by atoms with Gasteiger partial charge in [0.25, 0.3) is 0 Å². The number of carbonyl (C=O) groups excluding carboxylic acids is 1. The van der Waals surface area contributed by atoms with Gasteiger partial charge in [0.05, 0.1) is 20.3 Å². The van der Waals surface area contributed by atoms with Gasteiger partial charge in [0.15, 0.2) is 5.75 Å². The molecule has 1 aliphatic heterocycles. The number of allylic oxidation sites excluding steroid dienone is 5. The minimum atomic E-state index is -0.549. The van der Waals surface area contributed by atoms with Crippen LogP contribution in [0.25, 0.3) is 5.57 Å². The molecule has 0 radical (unpaired) electrons. The summed E-state index contributed by atoms with van der Waals surface area (Å²) in [7, 11) is 6.81. The van der Waals surface area contributed by atoms with Gasteiger partial charge in [0.2, 0.25) is 6.41 Å². The van der Waals surface area contributed by atoms with E-state index in [1.165, 1.54) is 20.3 Å². The number of benzene rings is 1. The molecule has 0 N–H and O–H groups in total. The molecule has 218 valence electrons. The zero-order chi connectivity index (χ0) is 30.4. The summed E-state index contributed by atoms with van der Waals surface area (Å²) in [6.45, 7) is 13.2. The van der Waals surface area contributed by atoms with Gasteiger partial charge in [-0.15, -0.1) is 0 Å². The summed E-state index contributed by atoms with van der Waals surface area (Å²) in [6, 6.07) is 3.15. The van der Waals surface area contributed by atoms with E-state index in [1.807, 2.05) is 56.7 Å². The van der Waals surface area contributed by atoms with Crippen molar-refractivity contribution in [3.63, 3.8) is 0 Å². The Hall–Kier alpha value is -4.74. The van der Waals surface area contributed by atoms with Gasteiger partial charge in [-0.25, -0.2) is 14.1 Å². The van der Waals surface area contributed by atoms with Crippen molar-refractivity contribution in [1.82, 2.24) is 24.1 Å². The van der Waals surface area contributed by atoms with E-state index in [0.29, 0.717) is 36.1 Å². The third kappa shape index (κ3) is 6.94. The third-order valence-electron chi connectivity index (χ3n) is 6.92. The number of aryl methyl sites for hydroxylation is 1. The van der Waals surface area contributed by atoms with E-state index in [0.717, 1.165) is 23.1 Å². The number of amides is 1. The molecule has 0 saturated carbocycles. The molecule has 0 atom stereocenters. The van der Waals surface area contributed by atoms with Crippen LogP contribution in [0, 0.1) is 5.82 Å². The number of nitrogens with zero attached hydrogens (tertiary/aromatic N) is 7. The summed E-state index contributed by atoms with van der Waals surface area (Å²) >= 11 is 0. The second kappa shape index (κ2) is 13.3. The van der Waals surface area contributed by atoms with Crippen LogP contribution in [0.2, 0.25) is 0 Å². The molecule has 0 spiro atoms. The Morgan fingerprint density at radius 2 is 2.00 bits per heavy atom. The fourth-order valence-electron chi connectivity index (χ4n) is 4.36. The van der Waals surface area contributed by atoms with Gasteiger partial charge >= 0.3 is 144 Å². The van der Waals surface area contributed by atoms with Gasteiger partial charge in [-0.1, -0.05) is 0 Å². The Kier molecular flexibility index (Phi) is 9.56. The molecular formula is C30H35BFN7O3. The zero-order valence-corrected chi connectivity index (χ0v) is 24.6. The molecule has 0 bridgehead atoms. The summed E-state index contributed by atoms with van der Waals surface area (Å²) in [5.74, 6) is 2.38. The Morgan fingerprint density at radius 3 is 2.62 bits per heavy atom. The van der Waals surface area contributed by atoms with E-state index in [2.05, 4.69) is 28.2 Å². The molecule has 12 heteroatoms. The second-order valence-corrected chi connectivity index (χ2v) is 10.1. The van der Waals surface area contributed by atoms with Crippen molar-refractivity contribution in [3.8, 4) is 11.5 Å². The first kappa shape index (κ1) is 30.2. The van der Waals surface area contributed by atoms with Gasteiger partial charge in [0, 0.05) is 19.2 Å². The van der Waals surface area contributed by atoms with E-state index in [1.54, 1.807) is 33.1 Å². The quantitative estimate of drug-likeness (QED) is 0.173. The van der Waals surface area contributed by atoms with Crippen LogP contribution >= 0.6 is 0 Å². The normalized spacial score (nSPS) is 14.1. The monoisotopic (exact) mass is 571 g/mol. The number of methoxy groups -OCH3 is 2. The van der Waals surface area contributed by atoms with Crippen molar-refractivity contribution >= 4 is 30.9 Å². The first-order valence-electron chi connectivity index (χ1n) is 13.3. The molecule has 3 aromatic rings. The zero-order valence-electron chi connectivity index (χ0n) is 24.6. The molecule has 1 saturated heterocycles. The molecule has 1 fully saturated rings. The Balaban J connectivity index is 1.67. The Labute approximate surface area is 246 Å². The molecule has 3 heterocycles. The average molecular weight is 571 g/mol. The first-order chi connectivity index (χ1) is 20.1. The number of carbonyl (C=O) groups is 1. The predicted octanol–water partition coefficient (Wildman–Crippen LogP) is 4.28. The number of anilines is 1. The molecule has 1 amide bonds. The fraction of sp³-hybridized carbons (Fsp3) is 0.300. The van der Waals surface area contributed by atoms with Crippen LogP contribution < -0.4 is 14.4 Å². The number of aliphatic imine (C=N–C) groups is 1. The standard InChI is InChI=1S/C30H35BFN7O3/c1-20(2)26(33-13-21(3)23-12-31-36(5)14-23)9-8-22(4)38(27-10-25(41-6)11-28(42-7)30(27)32)17-29-34-18-39(35-29)24-15-37(16-24)19-40/h8-14,18-19,24H,1,3,15-17H2,2,4-7H3/b22-8+,26-9+,33-13?. The van der Waals surface area contributed by atoms with Gasteiger partial charge in [-0.05, 0) is 0 Å². The third-order valence-corrected chi connectivity index (χ3v) is 6.92. The van der Waals surface area contributed by atoms with E-state index in [9.17, 15) is 4.79 Å². The van der Waals surface area contributed by atoms with Crippen molar-refractivity contribution in [2.75, 3.05) is 32.2 Å². The number of hydrogen-bond donors (Lipinski definition) is 0. The van der Waals surface area contributed by atoms with Crippen LogP contribution in [-0.4, -0.2) is 71.1 Å². The van der Waals surface area contributed by atoms with Crippen molar-refractivity contribution in [2.45, 2.75) is 26.4 Å². The Morgan fingerprint density at radius 1 is 1.24 bits per heavy atom. The van der Waals surface area contributed by atoms with E-state index in [4.69, 9.17) is 9.47 Å². The van der Waals surface area contributed by atoms with Gasteiger partial charge in [0.1, 0.15) is 12.1 Å². The van der Waals surface area contributed by atoms with E-state index < -0.39 is 5.82 Å². The minimum absolute atomic E-state index is 0.0475. The molecular weight excluding hydrogens is 536 g/mol. The van der Waals surface area contributed by atoms with E-state index in [-0.39, 0.29) is 24.0 Å². The van der Waals surface area contributed by atoms with Crippen LogP contribution in [0.15, 0.2) is 77.9 Å². The number of hydrogen-bond acceptors (Lipinski definition) is 7. The van der Waals surface area contributed by atoms with Gasteiger partial charge < -0.3 is 14.4 Å². The molecule has 1 aromatic carbocycles. The molecule has 42 heavy (non-hydrogen) atoms. The van der Waals surface area contributed by atoms with Gasteiger partial charge in [-0.3, -0.25) is 4.79 Å². The number of aromatic nitrogens is 4. The maximum atomic E-state index is 15.7. The van der Waals surface area contributed by atoms with Crippen molar-refractivity contribution in [1.29, 1.82) is 0 Å². The summed E-state index contributed by atoms with van der Waals surface area (Å²) in [5, 5.41) is 4.61. The van der Waals surface area contributed by atoms with Crippen molar-refractivity contribution in [3.05, 3.63) is 90.1 Å². The van der Waals surface area contributed by atoms with Crippen LogP contribution in [0.5, 0.6) is 11.5 Å². The molecule has 4 rings (SSSR count). The molecule has 0 aliphatic carbocycles. The summed E-state index contributed by atoms with van der Waals surface area (Å²) < 4.78 is 30.1. The summed E-state index contributed by atoms with van der Waals surface area (Å²) in [4.78, 5) is 23.4. The van der Waals surface area contributed by atoms with Crippen LogP contribution in [-0.2, 0) is 18.4 Å². The topological polar surface area (TPSA) is 90.0 Å². The van der Waals surface area contributed by atoms with Gasteiger partial charge in [-0.2, -0.15) is 5.10 Å². The molecule has 0 unspecified atom stereocenters. The molecule has 1 aliphatic rings. The average Bonchev–Trinajstić information content (AvgIpc) is 3.60. The molecule has 2 aromatic heterocycles. The van der Waals surface area contributed by atoms with Crippen molar-refractivity contribution < 1.29 is 18.7 Å². The van der Waals surface area contributed by atoms with Crippen LogP contribution in [0.3, 0.4) is 0 Å². The SMILES string of the molecule is C=C(C)/C(=C\C=C(/C)N(Cc1ncn(C2CN(C=O)C2)n1)c1cc(OC)cc(OC)c1F)N=CC(=C)c1cbn(C)c1. The number of rotatable bonds is 13. The fourth-order valence-corrected chi connectivity index (χ4v) is 4.36. The first-order valence-corrected chi connectivity index (χ1v) is 13.3. The van der Waals surface area contributed by atoms with Crippen molar-refractivity contribution in [2.24, 2.45) is 12.0 Å². The summed E-state index contributed by atoms with van der Waals surface area (Å²) in [5.41, 5.74) is 4.05. The second-order valence-electron chi connectivity index (χ2n) is 10.1. The van der Waals surface area contributed by atoms with E-state index >= 15 is 4.39 Å². The maximum absolute atomic E-state index is 15.7. The number of likely N-dealkylation sites (tertiary alicyclic amines) is 1. The van der Waals surface area contributed by atoms with Crippen LogP contribution in [0.4, 0.5) is 10.1 Å². The van der Waals surface area contributed by atoms with Crippen LogP contribution in [0.1, 0.15) is 31.3 Å². The number of halogens is 1.